The second-order valence-corrected chi connectivity index (χ2v) is 5.03. The number of hydrogen-bond acceptors (Lipinski definition) is 3. The second-order valence-electron chi connectivity index (χ2n) is 5.03. The number of benzene rings is 1. The first-order chi connectivity index (χ1) is 8.78. The smallest absolute Gasteiger partial charge is 0.154 e. The lowest BCUT2D eigenvalue weighted by Gasteiger charge is -2.01. The van der Waals surface area contributed by atoms with Crippen LogP contribution in [0.1, 0.15) is 49.5 Å². The van der Waals surface area contributed by atoms with E-state index in [0.29, 0.717) is 0 Å². The van der Waals surface area contributed by atoms with E-state index in [9.17, 15) is 0 Å². The summed E-state index contributed by atoms with van der Waals surface area (Å²) in [6.07, 6.45) is 3.52. The maximum absolute atomic E-state index is 5.92. The SMILES string of the molecule is CCC(N)c1cc(-c2ccc(C3CC3)cc2)no1. The maximum Gasteiger partial charge on any atom is 0.154 e. The standard InChI is InChI=1S/C15H18N2O/c1-2-13(16)15-9-14(17-18-15)12-7-5-11(6-8-12)10-3-4-10/h5-10,13H,2-4,16H2,1H3. The lowest BCUT2D eigenvalue weighted by Crippen LogP contribution is -2.06. The summed E-state index contributed by atoms with van der Waals surface area (Å²) in [7, 11) is 0. The van der Waals surface area contributed by atoms with Gasteiger partial charge in [-0.25, -0.2) is 0 Å². The van der Waals surface area contributed by atoms with Gasteiger partial charge in [-0.3, -0.25) is 0 Å². The van der Waals surface area contributed by atoms with Crippen LogP contribution < -0.4 is 5.73 Å². The maximum atomic E-state index is 5.92. The third-order valence-electron chi connectivity index (χ3n) is 3.59. The topological polar surface area (TPSA) is 52.0 Å². The van der Waals surface area contributed by atoms with E-state index >= 15 is 0 Å². The molecule has 3 nitrogen and oxygen atoms in total. The van der Waals surface area contributed by atoms with Crippen LogP contribution in [0.2, 0.25) is 0 Å². The Bertz CT molecular complexity index is 526. The minimum atomic E-state index is -0.0583. The van der Waals surface area contributed by atoms with Crippen LogP contribution in [0, 0.1) is 0 Å². The molecule has 1 aromatic carbocycles. The summed E-state index contributed by atoms with van der Waals surface area (Å²) in [5.41, 5.74) is 9.33. The summed E-state index contributed by atoms with van der Waals surface area (Å²) in [6, 6.07) is 10.5. The Morgan fingerprint density at radius 3 is 2.67 bits per heavy atom. The van der Waals surface area contributed by atoms with Crippen LogP contribution in [0.3, 0.4) is 0 Å². The summed E-state index contributed by atoms with van der Waals surface area (Å²) >= 11 is 0. The van der Waals surface area contributed by atoms with Gasteiger partial charge in [0.15, 0.2) is 5.76 Å². The minimum Gasteiger partial charge on any atom is -0.359 e. The third-order valence-corrected chi connectivity index (χ3v) is 3.59. The van der Waals surface area contributed by atoms with Crippen molar-refractivity contribution in [2.24, 2.45) is 5.73 Å². The molecule has 0 bridgehead atoms. The van der Waals surface area contributed by atoms with Crippen molar-refractivity contribution in [1.29, 1.82) is 0 Å². The molecule has 0 amide bonds. The lowest BCUT2D eigenvalue weighted by molar-refractivity contribution is 0.360. The average molecular weight is 242 g/mol. The van der Waals surface area contributed by atoms with Gasteiger partial charge < -0.3 is 10.3 Å². The van der Waals surface area contributed by atoms with E-state index in [2.05, 4.69) is 29.4 Å². The van der Waals surface area contributed by atoms with Gasteiger partial charge in [-0.05, 0) is 30.7 Å². The predicted octanol–water partition coefficient (Wildman–Crippen LogP) is 3.63. The van der Waals surface area contributed by atoms with Crippen LogP contribution in [-0.2, 0) is 0 Å². The summed E-state index contributed by atoms with van der Waals surface area (Å²) < 4.78 is 5.29. The van der Waals surface area contributed by atoms with Crippen LogP contribution in [0.5, 0.6) is 0 Å². The second kappa shape index (κ2) is 4.58. The van der Waals surface area contributed by atoms with Gasteiger partial charge in [0.2, 0.25) is 0 Å². The van der Waals surface area contributed by atoms with Crippen molar-refractivity contribution in [3.8, 4) is 11.3 Å². The predicted molar refractivity (Wildman–Crippen MR) is 71.1 cm³/mol. The van der Waals surface area contributed by atoms with E-state index in [4.69, 9.17) is 10.3 Å². The largest absolute Gasteiger partial charge is 0.359 e. The molecule has 2 N–H and O–H groups in total. The Morgan fingerprint density at radius 2 is 2.06 bits per heavy atom. The molecule has 0 saturated heterocycles. The van der Waals surface area contributed by atoms with E-state index in [1.807, 2.05) is 13.0 Å². The first-order valence-electron chi connectivity index (χ1n) is 6.60. The molecular weight excluding hydrogens is 224 g/mol. The van der Waals surface area contributed by atoms with Crippen molar-refractivity contribution in [2.45, 2.75) is 38.1 Å². The number of rotatable bonds is 4. The molecule has 0 aliphatic heterocycles. The third kappa shape index (κ3) is 2.18. The molecule has 1 heterocycles. The summed E-state index contributed by atoms with van der Waals surface area (Å²) in [5.74, 6) is 1.55. The van der Waals surface area contributed by atoms with Gasteiger partial charge in [0.1, 0.15) is 5.69 Å². The van der Waals surface area contributed by atoms with Gasteiger partial charge in [0, 0.05) is 11.6 Å². The quantitative estimate of drug-likeness (QED) is 0.890. The monoisotopic (exact) mass is 242 g/mol. The molecule has 1 aliphatic rings. The van der Waals surface area contributed by atoms with E-state index in [-0.39, 0.29) is 6.04 Å². The van der Waals surface area contributed by atoms with Crippen molar-refractivity contribution < 1.29 is 4.52 Å². The summed E-state index contributed by atoms with van der Waals surface area (Å²) in [5, 5.41) is 4.09. The van der Waals surface area contributed by atoms with E-state index in [1.165, 1.54) is 18.4 Å². The first kappa shape index (κ1) is 11.5. The van der Waals surface area contributed by atoms with Crippen LogP contribution >= 0.6 is 0 Å². The zero-order valence-corrected chi connectivity index (χ0v) is 10.6. The fourth-order valence-corrected chi connectivity index (χ4v) is 2.14. The molecule has 3 heteroatoms. The molecule has 1 atom stereocenters. The van der Waals surface area contributed by atoms with Gasteiger partial charge >= 0.3 is 0 Å². The van der Waals surface area contributed by atoms with Gasteiger partial charge in [0.25, 0.3) is 0 Å². The van der Waals surface area contributed by atoms with E-state index in [0.717, 1.165) is 29.4 Å². The minimum absolute atomic E-state index is 0.0583. The molecule has 94 valence electrons. The molecular formula is C15H18N2O. The molecule has 3 rings (SSSR count). The van der Waals surface area contributed by atoms with Crippen molar-refractivity contribution in [1.82, 2.24) is 5.16 Å². The fraction of sp³-hybridized carbons (Fsp3) is 0.400. The Hall–Kier alpha value is -1.61. The molecule has 1 fully saturated rings. The van der Waals surface area contributed by atoms with E-state index in [1.54, 1.807) is 0 Å². The molecule has 2 aromatic rings. The Kier molecular flexibility index (Phi) is 2.92. The highest BCUT2D eigenvalue weighted by atomic mass is 16.5. The van der Waals surface area contributed by atoms with Crippen molar-refractivity contribution in [3.05, 3.63) is 41.7 Å². The summed E-state index contributed by atoms with van der Waals surface area (Å²) in [4.78, 5) is 0. The van der Waals surface area contributed by atoms with Crippen molar-refractivity contribution in [3.63, 3.8) is 0 Å². The molecule has 0 spiro atoms. The molecule has 1 aliphatic carbocycles. The van der Waals surface area contributed by atoms with Gasteiger partial charge in [0.05, 0.1) is 6.04 Å². The first-order valence-corrected chi connectivity index (χ1v) is 6.60. The van der Waals surface area contributed by atoms with Crippen LogP contribution in [0.4, 0.5) is 0 Å². The molecule has 1 aromatic heterocycles. The highest BCUT2D eigenvalue weighted by Crippen LogP contribution is 2.40. The van der Waals surface area contributed by atoms with Crippen molar-refractivity contribution >= 4 is 0 Å². The highest BCUT2D eigenvalue weighted by molar-refractivity contribution is 5.59. The molecule has 0 radical (unpaired) electrons. The van der Waals surface area contributed by atoms with Crippen LogP contribution in [0.15, 0.2) is 34.9 Å². The fourth-order valence-electron chi connectivity index (χ4n) is 2.14. The zero-order chi connectivity index (χ0) is 12.5. The van der Waals surface area contributed by atoms with Crippen LogP contribution in [-0.4, -0.2) is 5.16 Å². The lowest BCUT2D eigenvalue weighted by atomic mass is 10.1. The number of aromatic nitrogens is 1. The molecule has 1 saturated carbocycles. The van der Waals surface area contributed by atoms with Gasteiger partial charge in [-0.2, -0.15) is 0 Å². The molecule has 1 unspecified atom stereocenters. The molecule has 18 heavy (non-hydrogen) atoms. The number of nitrogens with zero attached hydrogens (tertiary/aromatic N) is 1. The highest BCUT2D eigenvalue weighted by Gasteiger charge is 2.23. The summed E-state index contributed by atoms with van der Waals surface area (Å²) in [6.45, 7) is 2.04. The Labute approximate surface area is 107 Å². The van der Waals surface area contributed by atoms with E-state index < -0.39 is 0 Å². The number of nitrogens with two attached hydrogens (primary N) is 1. The Balaban J connectivity index is 1.82. The van der Waals surface area contributed by atoms with Gasteiger partial charge in [-0.1, -0.05) is 36.3 Å². The Morgan fingerprint density at radius 1 is 1.33 bits per heavy atom. The van der Waals surface area contributed by atoms with Crippen molar-refractivity contribution in [2.75, 3.05) is 0 Å². The number of hydrogen-bond donors (Lipinski definition) is 1. The average Bonchev–Trinajstić information content (AvgIpc) is 3.15. The normalized spacial score (nSPS) is 16.8. The van der Waals surface area contributed by atoms with Gasteiger partial charge in [-0.15, -0.1) is 0 Å². The zero-order valence-electron chi connectivity index (χ0n) is 10.6. The van der Waals surface area contributed by atoms with Crippen LogP contribution in [0.25, 0.3) is 11.3 Å².